The van der Waals surface area contributed by atoms with Gasteiger partial charge in [0.1, 0.15) is 0 Å². The van der Waals surface area contributed by atoms with Crippen molar-refractivity contribution in [1.82, 2.24) is 5.32 Å². The van der Waals surface area contributed by atoms with E-state index >= 15 is 0 Å². The van der Waals surface area contributed by atoms with Crippen LogP contribution in [0.1, 0.15) is 19.3 Å². The summed E-state index contributed by atoms with van der Waals surface area (Å²) < 4.78 is 0. The minimum atomic E-state index is -0.0492. The molecule has 10 heavy (non-hydrogen) atoms. The highest BCUT2D eigenvalue weighted by molar-refractivity contribution is 5.86. The molecule has 56 valence electrons. The fourth-order valence-corrected chi connectivity index (χ4v) is 1.01. The minimum Gasteiger partial charge on any atom is -0.352 e. The summed E-state index contributed by atoms with van der Waals surface area (Å²) in [5.41, 5.74) is 0. The van der Waals surface area contributed by atoms with E-state index in [2.05, 4.69) is 11.9 Å². The van der Waals surface area contributed by atoms with Crippen molar-refractivity contribution in [2.45, 2.75) is 19.3 Å². The molecule has 1 N–H and O–H groups in total. The van der Waals surface area contributed by atoms with Gasteiger partial charge in [-0.3, -0.25) is 4.79 Å². The first-order valence-electron chi connectivity index (χ1n) is 3.73. The first kappa shape index (κ1) is 7.32. The molecule has 0 radical (unpaired) electrons. The molecule has 2 heteroatoms. The van der Waals surface area contributed by atoms with Gasteiger partial charge in [-0.25, -0.2) is 0 Å². The molecule has 1 aliphatic rings. The van der Waals surface area contributed by atoms with Crippen molar-refractivity contribution in [2.75, 3.05) is 6.54 Å². The first-order valence-corrected chi connectivity index (χ1v) is 3.73. The van der Waals surface area contributed by atoms with Crippen LogP contribution in [0.4, 0.5) is 0 Å². The zero-order chi connectivity index (χ0) is 7.40. The van der Waals surface area contributed by atoms with Gasteiger partial charge in [0.25, 0.3) is 0 Å². The predicted molar refractivity (Wildman–Crippen MR) is 40.5 cm³/mol. The molecule has 2 nitrogen and oxygen atoms in total. The summed E-state index contributed by atoms with van der Waals surface area (Å²) in [5, 5.41) is 2.78. The molecule has 0 aromatic carbocycles. The third-order valence-electron chi connectivity index (χ3n) is 1.98. The quantitative estimate of drug-likeness (QED) is 0.582. The maximum atomic E-state index is 10.6. The van der Waals surface area contributed by atoms with Crippen LogP contribution in [0.3, 0.4) is 0 Å². The Hall–Kier alpha value is -0.790. The predicted octanol–water partition coefficient (Wildman–Crippen LogP) is 1.09. The Morgan fingerprint density at radius 3 is 2.80 bits per heavy atom. The van der Waals surface area contributed by atoms with Crippen LogP contribution in [0.2, 0.25) is 0 Å². The fraction of sp³-hybridized carbons (Fsp3) is 0.625. The molecule has 1 amide bonds. The van der Waals surface area contributed by atoms with E-state index in [0.717, 1.165) is 12.5 Å². The molecule has 1 aliphatic carbocycles. The summed E-state index contributed by atoms with van der Waals surface area (Å²) >= 11 is 0. The van der Waals surface area contributed by atoms with Crippen LogP contribution in [0.5, 0.6) is 0 Å². The van der Waals surface area contributed by atoms with Gasteiger partial charge in [-0.1, -0.05) is 13.0 Å². The molecule has 0 aliphatic heterocycles. The van der Waals surface area contributed by atoms with E-state index in [9.17, 15) is 4.79 Å². The summed E-state index contributed by atoms with van der Waals surface area (Å²) in [7, 11) is 0. The van der Waals surface area contributed by atoms with E-state index in [1.807, 2.05) is 0 Å². The van der Waals surface area contributed by atoms with E-state index in [1.54, 1.807) is 0 Å². The third kappa shape index (κ3) is 1.87. The second-order valence-electron chi connectivity index (χ2n) is 2.75. The summed E-state index contributed by atoms with van der Waals surface area (Å²) in [5.74, 6) is 0.691. The molecule has 1 fully saturated rings. The maximum Gasteiger partial charge on any atom is 0.243 e. The Labute approximate surface area is 61.3 Å². The molecule has 0 unspecified atom stereocenters. The molecule has 0 spiro atoms. The van der Waals surface area contributed by atoms with Gasteiger partial charge in [0.2, 0.25) is 5.91 Å². The average molecular weight is 139 g/mol. The Morgan fingerprint density at radius 1 is 1.70 bits per heavy atom. The van der Waals surface area contributed by atoms with Crippen molar-refractivity contribution in [3.8, 4) is 0 Å². The lowest BCUT2D eigenvalue weighted by Gasteiger charge is -2.24. The normalized spacial score (nSPS) is 17.6. The minimum absolute atomic E-state index is 0.0492. The van der Waals surface area contributed by atoms with Crippen molar-refractivity contribution >= 4 is 5.91 Å². The highest BCUT2D eigenvalue weighted by Crippen LogP contribution is 2.24. The number of nitrogens with one attached hydrogen (secondary N) is 1. The average Bonchev–Trinajstić information content (AvgIpc) is 1.84. The molecule has 1 saturated carbocycles. The van der Waals surface area contributed by atoms with Crippen LogP contribution in [0.15, 0.2) is 12.7 Å². The van der Waals surface area contributed by atoms with Crippen LogP contribution in [0, 0.1) is 5.92 Å². The lowest BCUT2D eigenvalue weighted by molar-refractivity contribution is -0.116. The maximum absolute atomic E-state index is 10.6. The van der Waals surface area contributed by atoms with Gasteiger partial charge in [-0.2, -0.15) is 0 Å². The van der Waals surface area contributed by atoms with Crippen molar-refractivity contribution in [3.63, 3.8) is 0 Å². The molecule has 0 bridgehead atoms. The summed E-state index contributed by atoms with van der Waals surface area (Å²) in [6, 6.07) is 0. The largest absolute Gasteiger partial charge is 0.352 e. The van der Waals surface area contributed by atoms with Gasteiger partial charge in [-0.15, -0.1) is 0 Å². The number of hydrogen-bond donors (Lipinski definition) is 1. The molecular formula is C8H13NO. The molecule has 0 aromatic heterocycles. The lowest BCUT2D eigenvalue weighted by atomic mass is 9.85. The Morgan fingerprint density at radius 2 is 2.40 bits per heavy atom. The highest BCUT2D eigenvalue weighted by atomic mass is 16.1. The Balaban J connectivity index is 2.03. The van der Waals surface area contributed by atoms with Gasteiger partial charge in [0, 0.05) is 6.54 Å². The molecule has 0 aromatic rings. The van der Waals surface area contributed by atoms with E-state index in [0.29, 0.717) is 0 Å². The van der Waals surface area contributed by atoms with Gasteiger partial charge in [0.15, 0.2) is 0 Å². The summed E-state index contributed by atoms with van der Waals surface area (Å²) in [4.78, 5) is 10.6. The van der Waals surface area contributed by atoms with Gasteiger partial charge >= 0.3 is 0 Å². The van der Waals surface area contributed by atoms with E-state index in [-0.39, 0.29) is 5.91 Å². The third-order valence-corrected chi connectivity index (χ3v) is 1.98. The Kier molecular flexibility index (Phi) is 2.49. The van der Waals surface area contributed by atoms with Crippen LogP contribution in [0.25, 0.3) is 0 Å². The molecule has 0 atom stereocenters. The summed E-state index contributed by atoms with van der Waals surface area (Å²) in [6.45, 7) is 4.21. The van der Waals surface area contributed by atoms with Crippen molar-refractivity contribution in [2.24, 2.45) is 5.92 Å². The van der Waals surface area contributed by atoms with Gasteiger partial charge in [-0.05, 0) is 24.8 Å². The second kappa shape index (κ2) is 3.40. The van der Waals surface area contributed by atoms with Crippen molar-refractivity contribution < 1.29 is 4.79 Å². The van der Waals surface area contributed by atoms with Crippen molar-refractivity contribution in [3.05, 3.63) is 12.7 Å². The smallest absolute Gasteiger partial charge is 0.243 e. The van der Waals surface area contributed by atoms with Crippen LogP contribution in [-0.4, -0.2) is 12.5 Å². The number of hydrogen-bond acceptors (Lipinski definition) is 1. The molecule has 1 rings (SSSR count). The number of amides is 1. The molecular weight excluding hydrogens is 126 g/mol. The van der Waals surface area contributed by atoms with E-state index < -0.39 is 0 Å². The fourth-order valence-electron chi connectivity index (χ4n) is 1.01. The zero-order valence-electron chi connectivity index (χ0n) is 6.10. The van der Waals surface area contributed by atoms with Crippen LogP contribution >= 0.6 is 0 Å². The SMILES string of the molecule is C=CC(=O)NCC1CCC1. The number of rotatable bonds is 3. The van der Waals surface area contributed by atoms with Gasteiger partial charge < -0.3 is 5.32 Å². The lowest BCUT2D eigenvalue weighted by Crippen LogP contribution is -2.30. The monoisotopic (exact) mass is 139 g/mol. The molecule has 0 heterocycles. The van der Waals surface area contributed by atoms with Crippen LogP contribution in [-0.2, 0) is 4.79 Å². The standard InChI is InChI=1S/C8H13NO/c1-2-8(10)9-6-7-4-3-5-7/h2,7H,1,3-6H2,(H,9,10). The van der Waals surface area contributed by atoms with Crippen LogP contribution < -0.4 is 5.32 Å². The Bertz CT molecular complexity index is 138. The highest BCUT2D eigenvalue weighted by Gasteiger charge is 2.16. The topological polar surface area (TPSA) is 29.1 Å². The summed E-state index contributed by atoms with van der Waals surface area (Å²) in [6.07, 6.45) is 5.20. The zero-order valence-corrected chi connectivity index (χ0v) is 6.10. The van der Waals surface area contributed by atoms with Crippen molar-refractivity contribution in [1.29, 1.82) is 0 Å². The van der Waals surface area contributed by atoms with Gasteiger partial charge in [0.05, 0.1) is 0 Å². The first-order chi connectivity index (χ1) is 4.83. The van der Waals surface area contributed by atoms with E-state index in [1.165, 1.54) is 25.3 Å². The molecule has 0 saturated heterocycles. The number of carbonyl (C=O) groups is 1. The van der Waals surface area contributed by atoms with E-state index in [4.69, 9.17) is 0 Å². The number of carbonyl (C=O) groups excluding carboxylic acids is 1. The second-order valence-corrected chi connectivity index (χ2v) is 2.75.